The maximum atomic E-state index is 8.98. The van der Waals surface area contributed by atoms with Gasteiger partial charge in [-0.05, 0) is 25.8 Å². The molecule has 0 saturated carbocycles. The van der Waals surface area contributed by atoms with E-state index in [4.69, 9.17) is 10.4 Å². The number of unbranched alkanes of at least 4 members (excludes halogenated alkanes) is 1. The lowest BCUT2D eigenvalue weighted by molar-refractivity contribution is 0.110. The summed E-state index contributed by atoms with van der Waals surface area (Å²) in [5.74, 6) is 0. The lowest BCUT2D eigenvalue weighted by Gasteiger charge is -2.36. The van der Waals surface area contributed by atoms with E-state index in [0.717, 1.165) is 52.0 Å². The minimum absolute atomic E-state index is 0.0968. The average Bonchev–Trinajstić information content (AvgIpc) is 2.33. The lowest BCUT2D eigenvalue weighted by Crippen LogP contribution is -2.49. The Morgan fingerprint density at radius 3 is 2.44 bits per heavy atom. The van der Waals surface area contributed by atoms with Crippen LogP contribution >= 0.6 is 0 Å². The molecule has 0 aromatic heterocycles. The number of hydrogen-bond donors (Lipinski definition) is 1. The van der Waals surface area contributed by atoms with Crippen LogP contribution in [0.15, 0.2) is 0 Å². The van der Waals surface area contributed by atoms with E-state index in [1.165, 1.54) is 0 Å². The predicted octanol–water partition coefficient (Wildman–Crippen LogP) is 0.679. The van der Waals surface area contributed by atoms with Crippen molar-refractivity contribution in [3.8, 4) is 6.07 Å². The Hall–Kier alpha value is -0.630. The Bertz CT molecular complexity index is 219. The smallest absolute Gasteiger partial charge is 0.0976 e. The maximum Gasteiger partial charge on any atom is 0.0976 e. The minimum Gasteiger partial charge on any atom is -0.396 e. The predicted molar refractivity (Wildman–Crippen MR) is 64.0 cm³/mol. The second-order valence-electron chi connectivity index (χ2n) is 4.36. The van der Waals surface area contributed by atoms with Gasteiger partial charge in [0.15, 0.2) is 0 Å². The van der Waals surface area contributed by atoms with Crippen molar-refractivity contribution in [2.24, 2.45) is 0 Å². The summed E-state index contributed by atoms with van der Waals surface area (Å²) in [7, 11) is 0. The van der Waals surface area contributed by atoms with Crippen molar-refractivity contribution in [3.05, 3.63) is 0 Å². The second kappa shape index (κ2) is 7.61. The summed E-state index contributed by atoms with van der Waals surface area (Å²) in [5.41, 5.74) is 0. The van der Waals surface area contributed by atoms with Gasteiger partial charge in [0, 0.05) is 32.8 Å². The van der Waals surface area contributed by atoms with Crippen LogP contribution in [-0.2, 0) is 0 Å². The SMILES string of the molecule is CCC(C#N)N1CCN(CCCCO)CC1. The van der Waals surface area contributed by atoms with Gasteiger partial charge < -0.3 is 10.0 Å². The van der Waals surface area contributed by atoms with Gasteiger partial charge in [0.1, 0.15) is 0 Å². The molecule has 4 nitrogen and oxygen atoms in total. The molecule has 92 valence electrons. The molecule has 1 N–H and O–H groups in total. The van der Waals surface area contributed by atoms with E-state index < -0.39 is 0 Å². The van der Waals surface area contributed by atoms with Gasteiger partial charge in [0.2, 0.25) is 0 Å². The van der Waals surface area contributed by atoms with Crippen molar-refractivity contribution in [1.82, 2.24) is 9.80 Å². The van der Waals surface area contributed by atoms with Crippen LogP contribution in [0.1, 0.15) is 26.2 Å². The minimum atomic E-state index is 0.0968. The largest absolute Gasteiger partial charge is 0.396 e. The standard InChI is InChI=1S/C12H23N3O/c1-2-12(11-13)15-8-6-14(7-9-15)5-3-4-10-16/h12,16H,2-10H2,1H3. The van der Waals surface area contributed by atoms with E-state index >= 15 is 0 Å². The van der Waals surface area contributed by atoms with E-state index in [2.05, 4.69) is 22.8 Å². The van der Waals surface area contributed by atoms with Crippen molar-refractivity contribution in [1.29, 1.82) is 5.26 Å². The molecule has 1 aliphatic rings. The third kappa shape index (κ3) is 4.09. The summed E-state index contributed by atoms with van der Waals surface area (Å²) in [5, 5.41) is 17.7. The first-order valence-electron chi connectivity index (χ1n) is 6.28. The summed E-state index contributed by atoms with van der Waals surface area (Å²) in [6.07, 6.45) is 2.89. The summed E-state index contributed by atoms with van der Waals surface area (Å²) in [4.78, 5) is 4.71. The number of piperazine rings is 1. The van der Waals surface area contributed by atoms with Gasteiger partial charge in [0.25, 0.3) is 0 Å². The molecule has 1 saturated heterocycles. The molecule has 1 rings (SSSR count). The third-order valence-corrected chi connectivity index (χ3v) is 3.27. The summed E-state index contributed by atoms with van der Waals surface area (Å²) in [6.45, 7) is 7.58. The fraction of sp³-hybridized carbons (Fsp3) is 0.917. The number of nitriles is 1. The van der Waals surface area contributed by atoms with E-state index in [1.807, 2.05) is 0 Å². The van der Waals surface area contributed by atoms with Crippen LogP contribution in [0.4, 0.5) is 0 Å². The number of aliphatic hydroxyl groups excluding tert-OH is 1. The Morgan fingerprint density at radius 1 is 1.25 bits per heavy atom. The monoisotopic (exact) mass is 225 g/mol. The van der Waals surface area contributed by atoms with Crippen LogP contribution in [-0.4, -0.2) is 60.3 Å². The summed E-state index contributed by atoms with van der Waals surface area (Å²) in [6, 6.07) is 2.46. The van der Waals surface area contributed by atoms with E-state index in [0.29, 0.717) is 6.61 Å². The zero-order chi connectivity index (χ0) is 11.8. The van der Waals surface area contributed by atoms with E-state index in [-0.39, 0.29) is 6.04 Å². The van der Waals surface area contributed by atoms with Crippen molar-refractivity contribution in [3.63, 3.8) is 0 Å². The van der Waals surface area contributed by atoms with Crippen LogP contribution in [0, 0.1) is 11.3 Å². The van der Waals surface area contributed by atoms with Crippen molar-refractivity contribution < 1.29 is 5.11 Å². The topological polar surface area (TPSA) is 50.5 Å². The number of hydrogen-bond acceptors (Lipinski definition) is 4. The molecule has 0 aromatic rings. The fourth-order valence-corrected chi connectivity index (χ4v) is 2.18. The highest BCUT2D eigenvalue weighted by atomic mass is 16.2. The molecular weight excluding hydrogens is 202 g/mol. The highest BCUT2D eigenvalue weighted by molar-refractivity contribution is 4.92. The first-order chi connectivity index (χ1) is 7.81. The highest BCUT2D eigenvalue weighted by Crippen LogP contribution is 2.09. The van der Waals surface area contributed by atoms with Gasteiger partial charge in [-0.25, -0.2) is 0 Å². The molecule has 0 spiro atoms. The number of nitrogens with zero attached hydrogens (tertiary/aromatic N) is 3. The quantitative estimate of drug-likeness (QED) is 0.675. The highest BCUT2D eigenvalue weighted by Gasteiger charge is 2.21. The molecule has 0 radical (unpaired) electrons. The summed E-state index contributed by atoms with van der Waals surface area (Å²) >= 11 is 0. The maximum absolute atomic E-state index is 8.98. The number of rotatable bonds is 6. The molecule has 0 aliphatic carbocycles. The van der Waals surface area contributed by atoms with Crippen molar-refractivity contribution in [2.75, 3.05) is 39.3 Å². The van der Waals surface area contributed by atoms with E-state index in [9.17, 15) is 0 Å². The molecule has 1 fully saturated rings. The van der Waals surface area contributed by atoms with Gasteiger partial charge in [-0.2, -0.15) is 5.26 Å². The molecule has 1 atom stereocenters. The second-order valence-corrected chi connectivity index (χ2v) is 4.36. The molecule has 1 heterocycles. The molecule has 16 heavy (non-hydrogen) atoms. The average molecular weight is 225 g/mol. The zero-order valence-corrected chi connectivity index (χ0v) is 10.2. The Balaban J connectivity index is 2.20. The van der Waals surface area contributed by atoms with Crippen LogP contribution in [0.2, 0.25) is 0 Å². The zero-order valence-electron chi connectivity index (χ0n) is 10.2. The summed E-state index contributed by atoms with van der Waals surface area (Å²) < 4.78 is 0. The van der Waals surface area contributed by atoms with Crippen LogP contribution in [0.3, 0.4) is 0 Å². The van der Waals surface area contributed by atoms with Gasteiger partial charge in [-0.1, -0.05) is 6.92 Å². The third-order valence-electron chi connectivity index (χ3n) is 3.27. The van der Waals surface area contributed by atoms with Gasteiger partial charge in [-0.3, -0.25) is 4.90 Å². The number of aliphatic hydroxyl groups is 1. The van der Waals surface area contributed by atoms with Gasteiger partial charge in [-0.15, -0.1) is 0 Å². The van der Waals surface area contributed by atoms with Crippen LogP contribution in [0.25, 0.3) is 0 Å². The molecule has 0 amide bonds. The Kier molecular flexibility index (Phi) is 6.39. The fourth-order valence-electron chi connectivity index (χ4n) is 2.18. The van der Waals surface area contributed by atoms with Gasteiger partial charge >= 0.3 is 0 Å². The molecular formula is C12H23N3O. The Labute approximate surface area is 98.5 Å². The first kappa shape index (κ1) is 13.4. The molecule has 1 aliphatic heterocycles. The van der Waals surface area contributed by atoms with Crippen molar-refractivity contribution in [2.45, 2.75) is 32.2 Å². The molecule has 1 unspecified atom stereocenters. The van der Waals surface area contributed by atoms with Crippen LogP contribution < -0.4 is 0 Å². The molecule has 0 aromatic carbocycles. The van der Waals surface area contributed by atoms with Gasteiger partial charge in [0.05, 0.1) is 12.1 Å². The lowest BCUT2D eigenvalue weighted by atomic mass is 10.1. The molecule has 4 heteroatoms. The first-order valence-corrected chi connectivity index (χ1v) is 6.28. The van der Waals surface area contributed by atoms with Crippen molar-refractivity contribution >= 4 is 0 Å². The normalized spacial score (nSPS) is 20.6. The molecule has 0 bridgehead atoms. The van der Waals surface area contributed by atoms with Crippen LogP contribution in [0.5, 0.6) is 0 Å². The van der Waals surface area contributed by atoms with E-state index in [1.54, 1.807) is 0 Å². The Morgan fingerprint density at radius 2 is 1.94 bits per heavy atom.